The van der Waals surface area contributed by atoms with E-state index >= 15 is 0 Å². The second-order valence-corrected chi connectivity index (χ2v) is 6.94. The molecule has 124 valence electrons. The molecule has 1 aliphatic heterocycles. The van der Waals surface area contributed by atoms with Crippen LogP contribution >= 0.6 is 11.3 Å². The molecule has 1 N–H and O–H groups in total. The molecule has 0 unspecified atom stereocenters. The fraction of sp³-hybridized carbons (Fsp3) is 0.750. The number of anilines is 1. The van der Waals surface area contributed by atoms with Gasteiger partial charge in [0.05, 0.1) is 0 Å². The first kappa shape index (κ1) is 16.8. The number of rotatable bonds is 2. The van der Waals surface area contributed by atoms with Crippen molar-refractivity contribution in [2.24, 2.45) is 0 Å². The van der Waals surface area contributed by atoms with E-state index < -0.39 is 22.9 Å². The van der Waals surface area contributed by atoms with Gasteiger partial charge in [-0.2, -0.15) is 13.2 Å². The topological polar surface area (TPSA) is 67.3 Å². The number of nitrogens with one attached hydrogen (secondary N) is 1. The summed E-state index contributed by atoms with van der Waals surface area (Å²) in [5.41, 5.74) is -0.580. The maximum Gasteiger partial charge on any atom is 0.445 e. The number of nitrogens with zero attached hydrogens (tertiary/aromatic N) is 3. The van der Waals surface area contributed by atoms with Gasteiger partial charge in [-0.25, -0.2) is 4.79 Å². The van der Waals surface area contributed by atoms with Crippen LogP contribution in [-0.4, -0.2) is 45.9 Å². The van der Waals surface area contributed by atoms with Crippen LogP contribution in [0.25, 0.3) is 0 Å². The molecule has 1 aromatic heterocycles. The van der Waals surface area contributed by atoms with Crippen LogP contribution in [0.4, 0.5) is 23.1 Å². The Morgan fingerprint density at radius 2 is 2.05 bits per heavy atom. The van der Waals surface area contributed by atoms with Crippen LogP contribution in [0.2, 0.25) is 0 Å². The fourth-order valence-corrected chi connectivity index (χ4v) is 2.63. The van der Waals surface area contributed by atoms with Gasteiger partial charge in [0.15, 0.2) is 0 Å². The molecule has 0 radical (unpaired) electrons. The van der Waals surface area contributed by atoms with Crippen molar-refractivity contribution in [2.75, 3.05) is 18.4 Å². The molecular weight excluding hydrogens is 321 g/mol. The smallest absolute Gasteiger partial charge is 0.444 e. The summed E-state index contributed by atoms with van der Waals surface area (Å²) in [6.07, 6.45) is -4.30. The summed E-state index contributed by atoms with van der Waals surface area (Å²) < 4.78 is 42.6. The molecule has 1 saturated heterocycles. The summed E-state index contributed by atoms with van der Waals surface area (Å²) in [5.74, 6) is 0. The van der Waals surface area contributed by atoms with Crippen molar-refractivity contribution >= 4 is 22.6 Å². The quantitative estimate of drug-likeness (QED) is 0.898. The van der Waals surface area contributed by atoms with Gasteiger partial charge in [0.2, 0.25) is 10.1 Å². The minimum absolute atomic E-state index is 0.100. The Hall–Kier alpha value is -1.58. The predicted octanol–water partition coefficient (Wildman–Crippen LogP) is 2.98. The van der Waals surface area contributed by atoms with E-state index in [1.54, 1.807) is 20.8 Å². The van der Waals surface area contributed by atoms with Crippen molar-refractivity contribution in [3.05, 3.63) is 5.01 Å². The van der Waals surface area contributed by atoms with Gasteiger partial charge in [-0.15, -0.1) is 10.2 Å². The monoisotopic (exact) mass is 338 g/mol. The van der Waals surface area contributed by atoms with E-state index in [2.05, 4.69) is 15.5 Å². The largest absolute Gasteiger partial charge is 0.445 e. The fourth-order valence-electron chi connectivity index (χ4n) is 1.94. The van der Waals surface area contributed by atoms with E-state index in [1.165, 1.54) is 4.90 Å². The Morgan fingerprint density at radius 3 is 2.59 bits per heavy atom. The van der Waals surface area contributed by atoms with Crippen LogP contribution < -0.4 is 5.32 Å². The van der Waals surface area contributed by atoms with Gasteiger partial charge in [-0.1, -0.05) is 11.3 Å². The first-order valence-corrected chi connectivity index (χ1v) is 7.51. The molecule has 22 heavy (non-hydrogen) atoms. The highest BCUT2D eigenvalue weighted by atomic mass is 32.1. The van der Waals surface area contributed by atoms with E-state index in [1.807, 2.05) is 0 Å². The van der Waals surface area contributed by atoms with E-state index in [4.69, 9.17) is 4.74 Å². The highest BCUT2D eigenvalue weighted by Gasteiger charge is 2.36. The molecular formula is C12H17F3N4O2S. The zero-order valence-corrected chi connectivity index (χ0v) is 13.2. The lowest BCUT2D eigenvalue weighted by atomic mass is 10.2. The number of carbonyl (C=O) groups is 1. The van der Waals surface area contributed by atoms with E-state index in [0.717, 1.165) is 0 Å². The average molecular weight is 338 g/mol. The van der Waals surface area contributed by atoms with Gasteiger partial charge in [0, 0.05) is 19.1 Å². The number of likely N-dealkylation sites (tertiary alicyclic amines) is 1. The van der Waals surface area contributed by atoms with Crippen LogP contribution in [-0.2, 0) is 10.9 Å². The number of hydrogen-bond donors (Lipinski definition) is 1. The maximum atomic E-state index is 12.5. The Morgan fingerprint density at radius 1 is 1.36 bits per heavy atom. The minimum Gasteiger partial charge on any atom is -0.444 e. The lowest BCUT2D eigenvalue weighted by Crippen LogP contribution is -2.36. The zero-order valence-electron chi connectivity index (χ0n) is 12.4. The van der Waals surface area contributed by atoms with Crippen molar-refractivity contribution in [2.45, 2.75) is 45.0 Å². The van der Waals surface area contributed by atoms with Crippen LogP contribution in [0.5, 0.6) is 0 Å². The number of aromatic nitrogens is 2. The Balaban J connectivity index is 1.89. The third-order valence-electron chi connectivity index (χ3n) is 2.84. The van der Waals surface area contributed by atoms with Gasteiger partial charge < -0.3 is 15.0 Å². The molecule has 1 amide bonds. The van der Waals surface area contributed by atoms with Gasteiger partial charge >= 0.3 is 12.3 Å². The van der Waals surface area contributed by atoms with Crippen LogP contribution in [0, 0.1) is 0 Å². The summed E-state index contributed by atoms with van der Waals surface area (Å²) >= 11 is 0.453. The number of amides is 1. The van der Waals surface area contributed by atoms with E-state index in [9.17, 15) is 18.0 Å². The standard InChI is InChI=1S/C12H17F3N4O2S/c1-11(2,3)21-10(20)19-5-4-7(6-19)16-9-18-17-8(22-9)12(13,14)15/h7H,4-6H2,1-3H3,(H,16,18)/t7-/m0/s1. The first-order valence-electron chi connectivity index (χ1n) is 6.70. The molecule has 0 bridgehead atoms. The van der Waals surface area contributed by atoms with E-state index in [0.29, 0.717) is 30.8 Å². The Kier molecular flexibility index (Phi) is 4.50. The normalized spacial score (nSPS) is 19.4. The highest BCUT2D eigenvalue weighted by Crippen LogP contribution is 2.33. The van der Waals surface area contributed by atoms with Crippen molar-refractivity contribution < 1.29 is 22.7 Å². The van der Waals surface area contributed by atoms with Crippen molar-refractivity contribution in [1.82, 2.24) is 15.1 Å². The van der Waals surface area contributed by atoms with Gasteiger partial charge in [0.1, 0.15) is 5.60 Å². The molecule has 1 aromatic rings. The number of halogens is 3. The molecule has 6 nitrogen and oxygen atoms in total. The molecule has 0 aliphatic carbocycles. The molecule has 2 heterocycles. The second kappa shape index (κ2) is 5.90. The van der Waals surface area contributed by atoms with Crippen molar-refractivity contribution in [3.63, 3.8) is 0 Å². The number of carbonyl (C=O) groups excluding carboxylic acids is 1. The molecule has 1 aliphatic rings. The zero-order chi connectivity index (χ0) is 16.5. The molecule has 2 rings (SSSR count). The molecule has 1 atom stereocenters. The van der Waals surface area contributed by atoms with Gasteiger partial charge in [0.25, 0.3) is 0 Å². The van der Waals surface area contributed by atoms with Crippen molar-refractivity contribution in [3.8, 4) is 0 Å². The third-order valence-corrected chi connectivity index (χ3v) is 3.73. The molecule has 0 spiro atoms. The van der Waals surface area contributed by atoms with Crippen LogP contribution in [0.3, 0.4) is 0 Å². The SMILES string of the molecule is CC(C)(C)OC(=O)N1CC[C@H](Nc2nnc(C(F)(F)F)s2)C1. The van der Waals surface area contributed by atoms with Crippen LogP contribution in [0.15, 0.2) is 0 Å². The Labute approximate surface area is 129 Å². The Bertz CT molecular complexity index is 541. The summed E-state index contributed by atoms with van der Waals surface area (Å²) in [6.45, 7) is 6.16. The van der Waals surface area contributed by atoms with Crippen LogP contribution in [0.1, 0.15) is 32.2 Å². The van der Waals surface area contributed by atoms with Gasteiger partial charge in [-0.05, 0) is 27.2 Å². The first-order chi connectivity index (χ1) is 10.0. The summed E-state index contributed by atoms with van der Waals surface area (Å²) in [6, 6.07) is -0.165. The molecule has 0 aromatic carbocycles. The van der Waals surface area contributed by atoms with Crippen molar-refractivity contribution in [1.29, 1.82) is 0 Å². The number of hydrogen-bond acceptors (Lipinski definition) is 6. The number of alkyl halides is 3. The second-order valence-electron chi connectivity index (χ2n) is 5.97. The maximum absolute atomic E-state index is 12.5. The summed E-state index contributed by atoms with van der Waals surface area (Å²) in [5, 5.41) is 8.57. The third kappa shape index (κ3) is 4.46. The summed E-state index contributed by atoms with van der Waals surface area (Å²) in [7, 11) is 0. The molecule has 1 fully saturated rings. The lowest BCUT2D eigenvalue weighted by Gasteiger charge is -2.24. The summed E-state index contributed by atoms with van der Waals surface area (Å²) in [4.78, 5) is 13.4. The number of ether oxygens (including phenoxy) is 1. The minimum atomic E-state index is -4.49. The average Bonchev–Trinajstić information content (AvgIpc) is 2.95. The molecule has 0 saturated carbocycles. The van der Waals surface area contributed by atoms with E-state index in [-0.39, 0.29) is 11.2 Å². The van der Waals surface area contributed by atoms with Gasteiger partial charge in [-0.3, -0.25) is 0 Å². The molecule has 10 heteroatoms. The lowest BCUT2D eigenvalue weighted by molar-refractivity contribution is -0.138. The highest BCUT2D eigenvalue weighted by molar-refractivity contribution is 7.15. The predicted molar refractivity (Wildman–Crippen MR) is 74.7 cm³/mol.